The van der Waals surface area contributed by atoms with Crippen LogP contribution in [0.1, 0.15) is 6.92 Å². The fourth-order valence-electron chi connectivity index (χ4n) is 1.21. The van der Waals surface area contributed by atoms with E-state index in [0.717, 1.165) is 8.68 Å². The minimum Gasteiger partial charge on any atom is -0.310 e. The zero-order valence-corrected chi connectivity index (χ0v) is 13.9. The summed E-state index contributed by atoms with van der Waals surface area (Å²) in [6, 6.07) is 3.34. The van der Waals surface area contributed by atoms with Crippen LogP contribution in [0.2, 0.25) is 5.02 Å². The number of nitrogens with zero attached hydrogens (tertiary/aromatic N) is 3. The van der Waals surface area contributed by atoms with Crippen LogP contribution in [0, 0.1) is 0 Å². The molecule has 0 radical (unpaired) electrons. The Balaban J connectivity index is 1.93. The summed E-state index contributed by atoms with van der Waals surface area (Å²) in [5.74, 6) is 0.347. The number of pyridine rings is 1. The lowest BCUT2D eigenvalue weighted by molar-refractivity contribution is -0.115. The Morgan fingerprint density at radius 2 is 2.15 bits per heavy atom. The molecule has 1 atom stereocenters. The van der Waals surface area contributed by atoms with Crippen molar-refractivity contribution < 1.29 is 4.79 Å². The normalized spacial score (nSPS) is 12.2. The number of nitrogens with one attached hydrogen (secondary N) is 1. The van der Waals surface area contributed by atoms with Crippen molar-refractivity contribution in [3.63, 3.8) is 0 Å². The van der Waals surface area contributed by atoms with Gasteiger partial charge in [-0.3, -0.25) is 4.79 Å². The van der Waals surface area contributed by atoms with E-state index in [4.69, 9.17) is 11.6 Å². The summed E-state index contributed by atoms with van der Waals surface area (Å²) >= 11 is 10.1. The van der Waals surface area contributed by atoms with Gasteiger partial charge in [0.05, 0.1) is 10.3 Å². The van der Waals surface area contributed by atoms with Crippen LogP contribution in [0.3, 0.4) is 0 Å². The molecule has 0 aliphatic heterocycles. The van der Waals surface area contributed by atoms with Gasteiger partial charge >= 0.3 is 0 Å². The zero-order chi connectivity index (χ0) is 14.5. The minimum absolute atomic E-state index is 0.134. The Bertz CT molecular complexity index is 590. The monoisotopic (exact) mass is 346 g/mol. The number of aromatic nitrogens is 3. The summed E-state index contributed by atoms with van der Waals surface area (Å²) < 4.78 is 1.67. The number of amides is 1. The lowest BCUT2D eigenvalue weighted by Crippen LogP contribution is -2.22. The second kappa shape index (κ2) is 7.26. The molecule has 9 heteroatoms. The molecule has 0 bridgehead atoms. The van der Waals surface area contributed by atoms with E-state index in [-0.39, 0.29) is 11.2 Å². The van der Waals surface area contributed by atoms with Gasteiger partial charge in [-0.1, -0.05) is 46.5 Å². The zero-order valence-electron chi connectivity index (χ0n) is 10.7. The topological polar surface area (TPSA) is 67.8 Å². The molecule has 2 rings (SSSR count). The predicted octanol–water partition coefficient (Wildman–Crippen LogP) is 3.43. The van der Waals surface area contributed by atoms with E-state index in [1.165, 1.54) is 41.1 Å². The van der Waals surface area contributed by atoms with E-state index >= 15 is 0 Å². The summed E-state index contributed by atoms with van der Waals surface area (Å²) in [7, 11) is 0. The quantitative estimate of drug-likeness (QED) is 0.836. The first-order valence-electron chi connectivity index (χ1n) is 5.55. The van der Waals surface area contributed by atoms with Crippen molar-refractivity contribution in [2.24, 2.45) is 0 Å². The van der Waals surface area contributed by atoms with Crippen LogP contribution in [0.5, 0.6) is 0 Å². The van der Waals surface area contributed by atoms with Gasteiger partial charge in [-0.2, -0.15) is 0 Å². The van der Waals surface area contributed by atoms with Gasteiger partial charge in [0.15, 0.2) is 8.68 Å². The SMILES string of the molecule is CSc1nnc(S[C@H](C)C(=O)Nc2ccc(Cl)cn2)s1. The van der Waals surface area contributed by atoms with Gasteiger partial charge in [0.25, 0.3) is 0 Å². The molecule has 0 unspecified atom stereocenters. The third-order valence-corrected chi connectivity index (χ3v) is 5.49. The summed E-state index contributed by atoms with van der Waals surface area (Å²) in [6.07, 6.45) is 3.43. The van der Waals surface area contributed by atoms with Crippen molar-refractivity contribution in [1.29, 1.82) is 0 Å². The molecule has 1 N–H and O–H groups in total. The van der Waals surface area contributed by atoms with Gasteiger partial charge in [-0.25, -0.2) is 4.98 Å². The average molecular weight is 347 g/mol. The van der Waals surface area contributed by atoms with Crippen LogP contribution in [-0.2, 0) is 4.79 Å². The van der Waals surface area contributed by atoms with Crippen molar-refractivity contribution in [2.45, 2.75) is 20.9 Å². The Morgan fingerprint density at radius 3 is 2.75 bits per heavy atom. The van der Waals surface area contributed by atoms with Crippen LogP contribution in [0.25, 0.3) is 0 Å². The molecule has 0 spiro atoms. The van der Waals surface area contributed by atoms with Gasteiger partial charge in [0.2, 0.25) is 5.91 Å². The van der Waals surface area contributed by atoms with Crippen LogP contribution < -0.4 is 5.32 Å². The molecular weight excluding hydrogens is 336 g/mol. The second-order valence-electron chi connectivity index (χ2n) is 3.65. The first-order valence-corrected chi connectivity index (χ1v) is 8.85. The minimum atomic E-state index is -0.282. The fourth-order valence-corrected chi connectivity index (χ4v) is 3.90. The van der Waals surface area contributed by atoms with E-state index < -0.39 is 0 Å². The summed E-state index contributed by atoms with van der Waals surface area (Å²) in [6.45, 7) is 1.82. The first-order chi connectivity index (χ1) is 9.58. The van der Waals surface area contributed by atoms with Gasteiger partial charge < -0.3 is 5.32 Å². The van der Waals surface area contributed by atoms with Crippen molar-refractivity contribution in [1.82, 2.24) is 15.2 Å². The third-order valence-electron chi connectivity index (χ3n) is 2.19. The molecule has 20 heavy (non-hydrogen) atoms. The molecule has 2 heterocycles. The van der Waals surface area contributed by atoms with E-state index in [2.05, 4.69) is 20.5 Å². The van der Waals surface area contributed by atoms with Crippen LogP contribution >= 0.6 is 46.5 Å². The highest BCUT2D eigenvalue weighted by Crippen LogP contribution is 2.30. The first kappa shape index (κ1) is 15.6. The highest BCUT2D eigenvalue weighted by molar-refractivity contribution is 8.03. The third kappa shape index (κ3) is 4.34. The van der Waals surface area contributed by atoms with Gasteiger partial charge in [-0.05, 0) is 25.3 Å². The number of hydrogen-bond acceptors (Lipinski definition) is 7. The van der Waals surface area contributed by atoms with Gasteiger partial charge in [0, 0.05) is 6.20 Å². The lowest BCUT2D eigenvalue weighted by Gasteiger charge is -2.09. The fraction of sp³-hybridized carbons (Fsp3) is 0.273. The van der Waals surface area contributed by atoms with Gasteiger partial charge in [0.1, 0.15) is 5.82 Å². The summed E-state index contributed by atoms with van der Waals surface area (Å²) in [5, 5.41) is 11.0. The van der Waals surface area contributed by atoms with E-state index in [1.54, 1.807) is 12.1 Å². The number of halogens is 1. The molecule has 0 aliphatic carbocycles. The molecule has 0 fully saturated rings. The standard InChI is InChI=1S/C11H11ClN4OS3/c1-6(19-11-16-15-10(18-2)20-11)9(17)14-8-4-3-7(12)5-13-8/h3-6H,1-2H3,(H,13,14,17)/t6-/m1/s1. The van der Waals surface area contributed by atoms with Crippen LogP contribution in [0.15, 0.2) is 27.0 Å². The Morgan fingerprint density at radius 1 is 1.40 bits per heavy atom. The molecule has 2 aromatic rings. The van der Waals surface area contributed by atoms with E-state index in [0.29, 0.717) is 10.8 Å². The predicted molar refractivity (Wildman–Crippen MR) is 84.9 cm³/mol. The summed E-state index contributed by atoms with van der Waals surface area (Å²) in [5.41, 5.74) is 0. The maximum Gasteiger partial charge on any atom is 0.238 e. The van der Waals surface area contributed by atoms with Gasteiger partial charge in [-0.15, -0.1) is 10.2 Å². The van der Waals surface area contributed by atoms with Crippen LogP contribution in [-0.4, -0.2) is 32.6 Å². The Hall–Kier alpha value is -0.830. The largest absolute Gasteiger partial charge is 0.310 e. The van der Waals surface area contributed by atoms with Crippen LogP contribution in [0.4, 0.5) is 5.82 Å². The van der Waals surface area contributed by atoms with Crippen molar-refractivity contribution in [3.05, 3.63) is 23.4 Å². The average Bonchev–Trinajstić information content (AvgIpc) is 2.89. The number of carbonyl (C=O) groups is 1. The second-order valence-corrected chi connectivity index (χ2v) is 7.70. The molecule has 5 nitrogen and oxygen atoms in total. The number of anilines is 1. The van der Waals surface area contributed by atoms with E-state index in [1.807, 2.05) is 13.2 Å². The Kier molecular flexibility index (Phi) is 5.64. The van der Waals surface area contributed by atoms with Crippen molar-refractivity contribution >= 4 is 58.2 Å². The van der Waals surface area contributed by atoms with E-state index in [9.17, 15) is 4.79 Å². The number of hydrogen-bond donors (Lipinski definition) is 1. The maximum atomic E-state index is 12.0. The lowest BCUT2D eigenvalue weighted by atomic mass is 10.4. The molecule has 0 aliphatic rings. The molecule has 2 aromatic heterocycles. The molecule has 106 valence electrons. The highest BCUT2D eigenvalue weighted by Gasteiger charge is 2.17. The molecule has 0 saturated carbocycles. The molecule has 1 amide bonds. The smallest absolute Gasteiger partial charge is 0.238 e. The summed E-state index contributed by atoms with van der Waals surface area (Å²) in [4.78, 5) is 16.0. The molecular formula is C11H11ClN4OS3. The van der Waals surface area contributed by atoms with Crippen molar-refractivity contribution in [3.8, 4) is 0 Å². The van der Waals surface area contributed by atoms with Crippen molar-refractivity contribution in [2.75, 3.05) is 11.6 Å². The molecule has 0 aromatic carbocycles. The number of rotatable bonds is 5. The highest BCUT2D eigenvalue weighted by atomic mass is 35.5. The Labute approximate surface area is 133 Å². The maximum absolute atomic E-state index is 12.0. The number of thioether (sulfide) groups is 2. The molecule has 0 saturated heterocycles. The number of carbonyl (C=O) groups excluding carboxylic acids is 1.